The minimum atomic E-state index is 0.431. The number of hydrogen-bond acceptors (Lipinski definition) is 4. The predicted octanol–water partition coefficient (Wildman–Crippen LogP) is 4.81. The van der Waals surface area contributed by atoms with E-state index in [9.17, 15) is 4.79 Å². The van der Waals surface area contributed by atoms with Crippen molar-refractivity contribution in [2.45, 2.75) is 32.1 Å². The summed E-state index contributed by atoms with van der Waals surface area (Å²) in [5, 5.41) is 7.51. The van der Waals surface area contributed by atoms with Gasteiger partial charge >= 0.3 is 0 Å². The van der Waals surface area contributed by atoms with Gasteiger partial charge in [0.25, 0.3) is 6.47 Å². The lowest BCUT2D eigenvalue weighted by molar-refractivity contribution is -0.128. The molecule has 1 N–H and O–H groups in total. The first kappa shape index (κ1) is 19.7. The number of anilines is 1. The van der Waals surface area contributed by atoms with Crippen molar-refractivity contribution in [3.05, 3.63) is 66.4 Å². The van der Waals surface area contributed by atoms with Gasteiger partial charge < -0.3 is 10.1 Å². The Morgan fingerprint density at radius 2 is 1.68 bits per heavy atom. The van der Waals surface area contributed by atoms with Crippen molar-refractivity contribution < 1.29 is 9.53 Å². The van der Waals surface area contributed by atoms with Crippen LogP contribution in [0.3, 0.4) is 0 Å². The first-order valence-corrected chi connectivity index (χ1v) is 9.59. The summed E-state index contributed by atoms with van der Waals surface area (Å²) >= 11 is 0. The molecular weight excluding hydrogens is 350 g/mol. The second kappa shape index (κ2) is 8.74. The Bertz CT molecular complexity index is 894. The lowest BCUT2D eigenvalue weighted by atomic mass is 9.95. The fourth-order valence-electron chi connectivity index (χ4n) is 3.10. The van der Waals surface area contributed by atoms with E-state index in [1.807, 2.05) is 17.8 Å². The van der Waals surface area contributed by atoms with Crippen LogP contribution in [0.15, 0.2) is 60.8 Å². The summed E-state index contributed by atoms with van der Waals surface area (Å²) in [6.07, 6.45) is 4.44. The predicted molar refractivity (Wildman–Crippen MR) is 113 cm³/mol. The quantitative estimate of drug-likeness (QED) is 0.626. The molecule has 1 aromatic heterocycles. The Labute approximate surface area is 166 Å². The van der Waals surface area contributed by atoms with Crippen LogP contribution in [-0.2, 0) is 14.9 Å². The summed E-state index contributed by atoms with van der Waals surface area (Å²) in [5.74, 6) is 0.986. The van der Waals surface area contributed by atoms with Gasteiger partial charge in [0, 0.05) is 13.1 Å². The summed E-state index contributed by atoms with van der Waals surface area (Å²) in [7, 11) is 1.91. The van der Waals surface area contributed by atoms with Crippen LogP contribution in [0.25, 0.3) is 16.8 Å². The van der Waals surface area contributed by atoms with Crippen LogP contribution in [0.2, 0.25) is 0 Å². The highest BCUT2D eigenvalue weighted by Gasteiger charge is 2.38. The molecule has 1 heterocycles. The van der Waals surface area contributed by atoms with Crippen LogP contribution in [-0.4, -0.2) is 29.9 Å². The van der Waals surface area contributed by atoms with Crippen LogP contribution in [0.1, 0.15) is 32.3 Å². The lowest BCUT2D eigenvalue weighted by Gasteiger charge is -2.11. The van der Waals surface area contributed by atoms with Crippen molar-refractivity contribution in [3.63, 3.8) is 0 Å². The van der Waals surface area contributed by atoms with E-state index in [1.54, 1.807) is 13.1 Å². The van der Waals surface area contributed by atoms with Crippen molar-refractivity contribution >= 4 is 12.3 Å². The number of carbonyl (C=O) groups excluding carboxylic acids is 1. The highest BCUT2D eigenvalue weighted by atomic mass is 16.5. The molecule has 28 heavy (non-hydrogen) atoms. The molecule has 1 fully saturated rings. The molecule has 0 radical (unpaired) electrons. The largest absolute Gasteiger partial charge is 0.468 e. The smallest absolute Gasteiger partial charge is 0.293 e. The third kappa shape index (κ3) is 4.42. The van der Waals surface area contributed by atoms with Gasteiger partial charge in [0.2, 0.25) is 0 Å². The summed E-state index contributed by atoms with van der Waals surface area (Å²) in [6, 6.07) is 19.5. The van der Waals surface area contributed by atoms with E-state index >= 15 is 0 Å². The zero-order valence-corrected chi connectivity index (χ0v) is 16.7. The molecule has 2 aromatic carbocycles. The highest BCUT2D eigenvalue weighted by molar-refractivity contribution is 5.65. The molecule has 1 aliphatic carbocycles. The van der Waals surface area contributed by atoms with Gasteiger partial charge in [0.1, 0.15) is 5.82 Å². The first-order chi connectivity index (χ1) is 13.6. The molecule has 5 nitrogen and oxygen atoms in total. The molecule has 0 spiro atoms. The molecule has 146 valence electrons. The Morgan fingerprint density at radius 1 is 1.07 bits per heavy atom. The minimum Gasteiger partial charge on any atom is -0.468 e. The van der Waals surface area contributed by atoms with Gasteiger partial charge in [0.05, 0.1) is 18.5 Å². The van der Waals surface area contributed by atoms with E-state index in [2.05, 4.69) is 70.6 Å². The molecule has 0 bridgehead atoms. The van der Waals surface area contributed by atoms with Crippen molar-refractivity contribution in [1.82, 2.24) is 9.78 Å². The molecule has 0 aliphatic heterocycles. The standard InChI is InChI=1S/C20H21N3.C3H6O2/c1-20(12-13-20)17-7-3-15(4-8-17)16-5-9-18(10-6-16)23-19(21-2)11-14-22-23;1-2-5-3-4/h3-11,14,21H,12-13H2,1-2H3;3H,2H2,1H3. The van der Waals surface area contributed by atoms with Crippen molar-refractivity contribution in [2.24, 2.45) is 0 Å². The summed E-state index contributed by atoms with van der Waals surface area (Å²) in [4.78, 5) is 9.18. The SMILES string of the molecule is CCOC=O.CNc1ccnn1-c1ccc(-c2ccc(C3(C)CC3)cc2)cc1. The highest BCUT2D eigenvalue weighted by Crippen LogP contribution is 2.47. The molecule has 0 atom stereocenters. The van der Waals surface area contributed by atoms with Crippen molar-refractivity contribution in [1.29, 1.82) is 0 Å². The zero-order valence-electron chi connectivity index (χ0n) is 16.7. The van der Waals surface area contributed by atoms with E-state index in [0.717, 1.165) is 11.5 Å². The molecule has 4 rings (SSSR count). The van der Waals surface area contributed by atoms with E-state index in [1.165, 1.54) is 29.5 Å². The van der Waals surface area contributed by atoms with Gasteiger partial charge in [0.15, 0.2) is 0 Å². The van der Waals surface area contributed by atoms with E-state index in [0.29, 0.717) is 18.5 Å². The second-order valence-corrected chi connectivity index (χ2v) is 7.11. The number of aromatic nitrogens is 2. The molecule has 0 saturated heterocycles. The van der Waals surface area contributed by atoms with Crippen LogP contribution in [0.5, 0.6) is 0 Å². The van der Waals surface area contributed by atoms with Crippen LogP contribution in [0.4, 0.5) is 5.82 Å². The summed E-state index contributed by atoms with van der Waals surface area (Å²) in [5.41, 5.74) is 5.46. The molecular formula is C23H27N3O2. The van der Waals surface area contributed by atoms with Gasteiger partial charge in [-0.05, 0) is 54.0 Å². The Morgan fingerprint density at radius 3 is 2.14 bits per heavy atom. The fraction of sp³-hybridized carbons (Fsp3) is 0.304. The van der Waals surface area contributed by atoms with Crippen LogP contribution >= 0.6 is 0 Å². The van der Waals surface area contributed by atoms with E-state index in [4.69, 9.17) is 0 Å². The second-order valence-electron chi connectivity index (χ2n) is 7.11. The number of benzene rings is 2. The normalized spacial score (nSPS) is 13.8. The Kier molecular flexibility index (Phi) is 6.14. The molecule has 0 unspecified atom stereocenters. The number of hydrogen-bond donors (Lipinski definition) is 1. The molecule has 1 saturated carbocycles. The third-order valence-electron chi connectivity index (χ3n) is 5.16. The van der Waals surface area contributed by atoms with Gasteiger partial charge in [-0.1, -0.05) is 43.3 Å². The van der Waals surface area contributed by atoms with E-state index in [-0.39, 0.29) is 0 Å². The van der Waals surface area contributed by atoms with Crippen molar-refractivity contribution in [3.8, 4) is 16.8 Å². The maximum Gasteiger partial charge on any atom is 0.293 e. The van der Waals surface area contributed by atoms with E-state index < -0.39 is 0 Å². The molecule has 3 aromatic rings. The van der Waals surface area contributed by atoms with Gasteiger partial charge in [-0.15, -0.1) is 0 Å². The number of nitrogens with one attached hydrogen (secondary N) is 1. The maximum atomic E-state index is 9.18. The maximum absolute atomic E-state index is 9.18. The average Bonchev–Trinajstić information content (AvgIpc) is 3.31. The lowest BCUT2D eigenvalue weighted by Crippen LogP contribution is -2.01. The summed E-state index contributed by atoms with van der Waals surface area (Å²) < 4.78 is 6.06. The minimum absolute atomic E-state index is 0.431. The van der Waals surface area contributed by atoms with Crippen LogP contribution < -0.4 is 5.32 Å². The summed E-state index contributed by atoms with van der Waals surface area (Å²) in [6.45, 7) is 5.01. The first-order valence-electron chi connectivity index (χ1n) is 9.59. The molecule has 1 aliphatic rings. The van der Waals surface area contributed by atoms with Gasteiger partial charge in [-0.3, -0.25) is 4.79 Å². The van der Waals surface area contributed by atoms with Crippen molar-refractivity contribution in [2.75, 3.05) is 19.0 Å². The third-order valence-corrected chi connectivity index (χ3v) is 5.16. The molecule has 5 heteroatoms. The topological polar surface area (TPSA) is 56.1 Å². The average molecular weight is 377 g/mol. The van der Waals surface area contributed by atoms with Gasteiger partial charge in [-0.2, -0.15) is 5.10 Å². The molecule has 0 amide bonds. The zero-order chi connectivity index (χ0) is 20.0. The number of nitrogens with zero attached hydrogens (tertiary/aromatic N) is 2. The van der Waals surface area contributed by atoms with Crippen LogP contribution in [0, 0.1) is 0 Å². The fourth-order valence-corrected chi connectivity index (χ4v) is 3.10. The monoisotopic (exact) mass is 377 g/mol. The number of rotatable bonds is 6. The Balaban J connectivity index is 0.000000403. The van der Waals surface area contributed by atoms with Gasteiger partial charge in [-0.25, -0.2) is 4.68 Å². The number of ether oxygens (including phenoxy) is 1. The number of carbonyl (C=O) groups is 1. The Hall–Kier alpha value is -3.08.